The molecular formula is C41H42F4N8O4. The Labute approximate surface area is 327 Å². The Balaban J connectivity index is 1.27. The summed E-state index contributed by atoms with van der Waals surface area (Å²) in [6, 6.07) is 18.2. The third-order valence-electron chi connectivity index (χ3n) is 11.0. The highest BCUT2D eigenvalue weighted by Crippen LogP contribution is 2.44. The minimum absolute atomic E-state index is 0.0573. The molecule has 0 unspecified atom stereocenters. The molecular weight excluding hydrogens is 744 g/mol. The molecule has 1 N–H and O–H groups in total. The van der Waals surface area contributed by atoms with Gasteiger partial charge < -0.3 is 19.9 Å². The highest BCUT2D eigenvalue weighted by Gasteiger charge is 2.48. The fourth-order valence-corrected chi connectivity index (χ4v) is 7.74. The Morgan fingerprint density at radius 3 is 2.33 bits per heavy atom. The number of nitrogens with one attached hydrogen (secondary N) is 1. The van der Waals surface area contributed by atoms with Crippen LogP contribution in [0.25, 0.3) is 5.69 Å². The second kappa shape index (κ2) is 16.5. The molecule has 3 aromatic carbocycles. The van der Waals surface area contributed by atoms with E-state index in [2.05, 4.69) is 21.2 Å². The molecule has 0 spiro atoms. The highest BCUT2D eigenvalue weighted by atomic mass is 19.4. The van der Waals surface area contributed by atoms with Crippen molar-refractivity contribution in [2.24, 2.45) is 0 Å². The molecule has 3 aliphatic heterocycles. The number of likely N-dealkylation sites (N-methyl/N-ethyl adjacent to an activating group) is 1. The maximum atomic E-state index is 14.8. The van der Waals surface area contributed by atoms with Crippen molar-refractivity contribution in [2.45, 2.75) is 43.6 Å². The summed E-state index contributed by atoms with van der Waals surface area (Å²) in [5, 5.41) is 17.8. The second-order valence-electron chi connectivity index (χ2n) is 14.4. The van der Waals surface area contributed by atoms with Gasteiger partial charge in [-0.2, -0.15) is 23.5 Å². The number of nitriles is 1. The van der Waals surface area contributed by atoms with Crippen LogP contribution in [0, 0.1) is 17.1 Å². The van der Waals surface area contributed by atoms with Crippen molar-refractivity contribution >= 4 is 23.5 Å². The number of amides is 3. The van der Waals surface area contributed by atoms with Gasteiger partial charge in [-0.15, -0.1) is 0 Å². The van der Waals surface area contributed by atoms with Crippen LogP contribution in [0.3, 0.4) is 0 Å². The average molecular weight is 787 g/mol. The number of benzene rings is 3. The van der Waals surface area contributed by atoms with Gasteiger partial charge >= 0.3 is 6.18 Å². The van der Waals surface area contributed by atoms with Crippen molar-refractivity contribution in [1.29, 1.82) is 5.26 Å². The van der Waals surface area contributed by atoms with Crippen LogP contribution >= 0.6 is 0 Å². The minimum atomic E-state index is -4.73. The topological polar surface area (TPSA) is 127 Å². The number of ether oxygens (including phenoxy) is 1. The number of fused-ring (bicyclic) bond motifs is 1. The SMILES string of the molecule is CCN1C(=O)[C@@H](NC(=O)c2cccc(C(F)(F)F)c2)[C@@H](c2ccc(F)cc2)c2c(C(=O)N(C)[C@@H](C#N)CCN3CCN(C4COC4)CC3)nn(-c3ccccc3)c21. The fraction of sp³-hybridized carbons (Fsp3) is 0.390. The van der Waals surface area contributed by atoms with Crippen molar-refractivity contribution in [1.82, 2.24) is 29.8 Å². The number of alkyl halides is 3. The van der Waals surface area contributed by atoms with E-state index in [0.29, 0.717) is 36.3 Å². The molecule has 298 valence electrons. The van der Waals surface area contributed by atoms with Crippen LogP contribution < -0.4 is 10.2 Å². The van der Waals surface area contributed by atoms with Crippen LogP contribution in [0.15, 0.2) is 78.9 Å². The first-order valence-electron chi connectivity index (χ1n) is 18.8. The number of carbonyl (C=O) groups is 3. The van der Waals surface area contributed by atoms with Gasteiger partial charge in [0.15, 0.2) is 5.69 Å². The Morgan fingerprint density at radius 1 is 1.02 bits per heavy atom. The first-order chi connectivity index (χ1) is 27.4. The normalized spacial score (nSPS) is 19.7. The van der Waals surface area contributed by atoms with Crippen molar-refractivity contribution in [3.8, 4) is 11.8 Å². The number of para-hydroxylation sites is 1. The molecule has 16 heteroatoms. The van der Waals surface area contributed by atoms with Crippen molar-refractivity contribution in [2.75, 3.05) is 64.4 Å². The van der Waals surface area contributed by atoms with E-state index in [0.717, 1.165) is 51.5 Å². The second-order valence-corrected chi connectivity index (χ2v) is 14.4. The van der Waals surface area contributed by atoms with Gasteiger partial charge in [0, 0.05) is 63.4 Å². The third-order valence-corrected chi connectivity index (χ3v) is 11.0. The molecule has 2 saturated heterocycles. The molecule has 2 fully saturated rings. The first kappa shape index (κ1) is 39.6. The fourth-order valence-electron chi connectivity index (χ4n) is 7.74. The van der Waals surface area contributed by atoms with Gasteiger partial charge in [0.1, 0.15) is 23.7 Å². The lowest BCUT2D eigenvalue weighted by Gasteiger charge is -2.42. The van der Waals surface area contributed by atoms with Crippen molar-refractivity contribution < 1.29 is 36.7 Å². The molecule has 12 nitrogen and oxygen atoms in total. The van der Waals surface area contributed by atoms with E-state index in [-0.39, 0.29) is 29.2 Å². The predicted octanol–water partition coefficient (Wildman–Crippen LogP) is 4.70. The van der Waals surface area contributed by atoms with E-state index in [1.54, 1.807) is 37.3 Å². The molecule has 0 saturated carbocycles. The molecule has 7 rings (SSSR count). The maximum absolute atomic E-state index is 14.8. The van der Waals surface area contributed by atoms with Gasteiger partial charge in [0.2, 0.25) is 0 Å². The largest absolute Gasteiger partial charge is 0.416 e. The van der Waals surface area contributed by atoms with Crippen LogP contribution in [-0.2, 0) is 15.7 Å². The molecule has 0 aliphatic carbocycles. The lowest BCUT2D eigenvalue weighted by molar-refractivity contribution is -0.137. The summed E-state index contributed by atoms with van der Waals surface area (Å²) in [5.41, 5.74) is -0.413. The minimum Gasteiger partial charge on any atom is -0.378 e. The number of carbonyl (C=O) groups excluding carboxylic acids is 3. The van der Waals surface area contributed by atoms with Crippen LogP contribution in [0.1, 0.15) is 56.8 Å². The number of nitrogens with zero attached hydrogens (tertiary/aromatic N) is 7. The summed E-state index contributed by atoms with van der Waals surface area (Å²) in [7, 11) is 1.52. The molecule has 0 bridgehead atoms. The van der Waals surface area contributed by atoms with Gasteiger partial charge in [0.25, 0.3) is 17.7 Å². The van der Waals surface area contributed by atoms with Crippen LogP contribution in [-0.4, -0.2) is 120 Å². The number of aromatic nitrogens is 2. The van der Waals surface area contributed by atoms with E-state index < -0.39 is 53.3 Å². The number of rotatable bonds is 11. The Bertz CT molecular complexity index is 2140. The van der Waals surface area contributed by atoms with E-state index in [1.807, 2.05) is 0 Å². The number of hydrogen-bond donors (Lipinski definition) is 1. The van der Waals surface area contributed by atoms with E-state index >= 15 is 0 Å². The number of halogens is 4. The van der Waals surface area contributed by atoms with Gasteiger partial charge in [-0.05, 0) is 61.4 Å². The lowest BCUT2D eigenvalue weighted by atomic mass is 9.80. The molecule has 3 amide bonds. The third kappa shape index (κ3) is 8.00. The molecule has 4 aromatic rings. The number of piperazine rings is 1. The van der Waals surface area contributed by atoms with Crippen LogP contribution in [0.5, 0.6) is 0 Å². The highest BCUT2D eigenvalue weighted by molar-refractivity contribution is 6.07. The molecule has 1 aromatic heterocycles. The summed E-state index contributed by atoms with van der Waals surface area (Å²) >= 11 is 0. The summed E-state index contributed by atoms with van der Waals surface area (Å²) in [6.07, 6.45) is -4.38. The summed E-state index contributed by atoms with van der Waals surface area (Å²) in [4.78, 5) is 50.5. The lowest BCUT2D eigenvalue weighted by Crippen LogP contribution is -2.56. The summed E-state index contributed by atoms with van der Waals surface area (Å²) < 4.78 is 62.1. The van der Waals surface area contributed by atoms with E-state index in [9.17, 15) is 37.2 Å². The number of hydrogen-bond acceptors (Lipinski definition) is 8. The monoisotopic (exact) mass is 786 g/mol. The molecule has 57 heavy (non-hydrogen) atoms. The predicted molar refractivity (Wildman–Crippen MR) is 201 cm³/mol. The zero-order valence-corrected chi connectivity index (χ0v) is 31.5. The number of anilines is 1. The summed E-state index contributed by atoms with van der Waals surface area (Å²) in [5.74, 6) is -3.71. The standard InChI is InChI=1S/C41H42F4N8O4/c1-3-52-38-34(33(26-12-14-29(42)15-13-26)35(40(52)56)47-37(54)27-8-7-9-28(22-27)41(43,44)45)36(48-53(38)30-10-5-4-6-11-30)39(55)49(2)31(23-46)16-17-50-18-20-51(21-19-50)32-24-57-25-32/h4-15,22,31-33,35H,3,16-21,24-25H2,1-2H3,(H,47,54)/t31-,33+,35+/m1/s1. The van der Waals surface area contributed by atoms with Gasteiger partial charge in [0.05, 0.1) is 36.6 Å². The molecule has 4 heterocycles. The quantitative estimate of drug-likeness (QED) is 0.217. The van der Waals surface area contributed by atoms with Gasteiger partial charge in [-0.3, -0.25) is 24.2 Å². The Hall–Kier alpha value is -5.63. The smallest absolute Gasteiger partial charge is 0.378 e. The van der Waals surface area contributed by atoms with Gasteiger partial charge in [-0.25, -0.2) is 9.07 Å². The van der Waals surface area contributed by atoms with Crippen molar-refractivity contribution in [3.05, 3.63) is 113 Å². The molecule has 0 radical (unpaired) electrons. The van der Waals surface area contributed by atoms with E-state index in [4.69, 9.17) is 9.84 Å². The van der Waals surface area contributed by atoms with Crippen molar-refractivity contribution in [3.63, 3.8) is 0 Å². The zero-order valence-electron chi connectivity index (χ0n) is 31.5. The van der Waals surface area contributed by atoms with Crippen LogP contribution in [0.4, 0.5) is 23.4 Å². The zero-order chi connectivity index (χ0) is 40.4. The molecule has 3 atom stereocenters. The van der Waals surface area contributed by atoms with Crippen LogP contribution in [0.2, 0.25) is 0 Å². The summed E-state index contributed by atoms with van der Waals surface area (Å²) in [6.45, 7) is 7.20. The van der Waals surface area contributed by atoms with E-state index in [1.165, 1.54) is 51.9 Å². The first-order valence-corrected chi connectivity index (χ1v) is 18.8. The Morgan fingerprint density at radius 2 is 1.72 bits per heavy atom. The molecule has 3 aliphatic rings. The Kier molecular flexibility index (Phi) is 11.4. The maximum Gasteiger partial charge on any atom is 0.416 e. The van der Waals surface area contributed by atoms with Gasteiger partial charge in [-0.1, -0.05) is 36.4 Å². The average Bonchev–Trinajstić information content (AvgIpc) is 3.58.